The molecule has 0 amide bonds. The Kier molecular flexibility index (Phi) is 31.2. The van der Waals surface area contributed by atoms with Crippen LogP contribution in [0.1, 0.15) is 200 Å². The zero-order valence-electron chi connectivity index (χ0n) is 31.5. The molecule has 0 N–H and O–H groups in total. The fourth-order valence-electron chi connectivity index (χ4n) is 6.64. The molecule has 0 fully saturated rings. The maximum absolute atomic E-state index is 5.15. The smallest absolute Gasteiger partial charge is 0.0633 e. The van der Waals surface area contributed by atoms with Crippen molar-refractivity contribution in [1.82, 2.24) is 0 Å². The number of nitrogens with zero attached hydrogens (tertiary/aromatic N) is 2. The van der Waals surface area contributed by atoms with Crippen LogP contribution in [-0.4, -0.2) is 11.4 Å². The second-order valence-corrected chi connectivity index (χ2v) is 14.1. The molecule has 0 radical (unpaired) electrons. The largest absolute Gasteiger partial charge is 0.252 e. The second kappa shape index (κ2) is 33.8. The van der Waals surface area contributed by atoms with E-state index in [1.54, 1.807) is 0 Å². The third kappa shape index (κ3) is 25.3. The Balaban J connectivity index is 0.0000115. The molecule has 0 unspecified atom stereocenters. The van der Waals surface area contributed by atoms with Crippen molar-refractivity contribution in [3.8, 4) is 0 Å². The average Bonchev–Trinajstić information content (AvgIpc) is 3.10. The zero-order chi connectivity index (χ0) is 33.3. The minimum Gasteiger partial charge on any atom is -0.252 e. The van der Waals surface area contributed by atoms with Gasteiger partial charge in [-0.25, -0.2) is 0 Å². The molecule has 2 nitrogen and oxygen atoms in total. The van der Waals surface area contributed by atoms with Gasteiger partial charge in [0.15, 0.2) is 0 Å². The van der Waals surface area contributed by atoms with E-state index in [4.69, 9.17) is 9.98 Å². The molecule has 2 aromatic carbocycles. The van der Waals surface area contributed by atoms with Gasteiger partial charge >= 0.3 is 0 Å². The van der Waals surface area contributed by atoms with Crippen LogP contribution in [0.3, 0.4) is 0 Å². The van der Waals surface area contributed by atoms with Crippen molar-refractivity contribution in [3.05, 3.63) is 60.7 Å². The van der Waals surface area contributed by atoms with Crippen molar-refractivity contribution in [3.63, 3.8) is 0 Å². The Morgan fingerprint density at radius 2 is 0.562 bits per heavy atom. The van der Waals surface area contributed by atoms with Gasteiger partial charge < -0.3 is 0 Å². The summed E-state index contributed by atoms with van der Waals surface area (Å²) in [5, 5.41) is 0. The van der Waals surface area contributed by atoms with Gasteiger partial charge in [-0.05, 0) is 49.9 Å². The molecule has 0 aliphatic carbocycles. The Hall–Kier alpha value is -1.73. The summed E-state index contributed by atoms with van der Waals surface area (Å²) in [7, 11) is 0. The molecular weight excluding hydrogens is 627 g/mol. The molecule has 0 heterocycles. The van der Waals surface area contributed by atoms with Gasteiger partial charge in [-0.1, -0.05) is 211 Å². The standard InChI is InChI=1S/C45H74N2.Ni/c1-3-5-7-8-9-10-11-12-13-14-15-16-17-18-19-20-21-22-23-24-25-26-27-35-41-45(47-43-38-33-29-34-39-43)44(40-30-6-4-2)46-42-36-31-28-32-37-42;/h28-29,31-34,36-39H,3-27,30,35,40-41H2,1-2H3;. The predicted octanol–water partition coefficient (Wildman–Crippen LogP) is 15.9. The quantitative estimate of drug-likeness (QED) is 0.0412. The first kappa shape index (κ1) is 44.3. The van der Waals surface area contributed by atoms with Crippen LogP contribution in [0.2, 0.25) is 0 Å². The Morgan fingerprint density at radius 1 is 0.333 bits per heavy atom. The molecule has 2 aromatic rings. The summed E-state index contributed by atoms with van der Waals surface area (Å²) in [4.78, 5) is 10.3. The maximum atomic E-state index is 5.15. The van der Waals surface area contributed by atoms with E-state index >= 15 is 0 Å². The Morgan fingerprint density at radius 3 is 0.854 bits per heavy atom. The molecule has 0 spiro atoms. The average molecular weight is 702 g/mol. The number of aliphatic imine (C=N–C) groups is 2. The number of para-hydroxylation sites is 2. The SMILES string of the molecule is CCCCCCCCCCCCCCCCCCCCCCCCCCC(=Nc1ccccc1)C(CCCCC)=Nc1ccccc1.[Ni]. The van der Waals surface area contributed by atoms with E-state index in [1.807, 2.05) is 0 Å². The van der Waals surface area contributed by atoms with Crippen LogP contribution >= 0.6 is 0 Å². The normalized spacial score (nSPS) is 12.0. The van der Waals surface area contributed by atoms with E-state index in [2.05, 4.69) is 74.5 Å². The minimum absolute atomic E-state index is 0. The van der Waals surface area contributed by atoms with Gasteiger partial charge in [-0.2, -0.15) is 0 Å². The molecule has 0 saturated carbocycles. The molecule has 3 heteroatoms. The summed E-state index contributed by atoms with van der Waals surface area (Å²) in [6, 6.07) is 20.9. The zero-order valence-corrected chi connectivity index (χ0v) is 32.5. The molecule has 48 heavy (non-hydrogen) atoms. The van der Waals surface area contributed by atoms with Gasteiger partial charge in [0.2, 0.25) is 0 Å². The molecule has 2 rings (SSSR count). The fourth-order valence-corrected chi connectivity index (χ4v) is 6.64. The predicted molar refractivity (Wildman–Crippen MR) is 212 cm³/mol. The molecule has 0 atom stereocenters. The number of hydrogen-bond donors (Lipinski definition) is 0. The van der Waals surface area contributed by atoms with Crippen molar-refractivity contribution in [2.45, 2.75) is 200 Å². The molecule has 0 saturated heterocycles. The first-order chi connectivity index (χ1) is 23.3. The van der Waals surface area contributed by atoms with Crippen molar-refractivity contribution in [2.24, 2.45) is 9.98 Å². The van der Waals surface area contributed by atoms with Crippen LogP contribution in [0.25, 0.3) is 0 Å². The van der Waals surface area contributed by atoms with Crippen molar-refractivity contribution >= 4 is 22.8 Å². The summed E-state index contributed by atoms with van der Waals surface area (Å²) in [6.45, 7) is 4.58. The first-order valence-electron chi connectivity index (χ1n) is 20.6. The van der Waals surface area contributed by atoms with E-state index in [0.717, 1.165) is 24.2 Å². The molecule has 0 bridgehead atoms. The summed E-state index contributed by atoms with van der Waals surface area (Å²) in [6.07, 6.45) is 39.9. The monoisotopic (exact) mass is 701 g/mol. The van der Waals surface area contributed by atoms with Gasteiger partial charge in [-0.15, -0.1) is 0 Å². The number of rotatable bonds is 32. The Bertz CT molecular complexity index is 1000. The van der Waals surface area contributed by atoms with Crippen LogP contribution < -0.4 is 0 Å². The van der Waals surface area contributed by atoms with Crippen LogP contribution in [0.4, 0.5) is 11.4 Å². The summed E-state index contributed by atoms with van der Waals surface area (Å²) < 4.78 is 0. The van der Waals surface area contributed by atoms with Crippen molar-refractivity contribution < 1.29 is 16.5 Å². The minimum atomic E-state index is 0. The molecule has 274 valence electrons. The summed E-state index contributed by atoms with van der Waals surface area (Å²) in [5.41, 5.74) is 4.46. The van der Waals surface area contributed by atoms with E-state index in [9.17, 15) is 0 Å². The van der Waals surface area contributed by atoms with Crippen molar-refractivity contribution in [2.75, 3.05) is 0 Å². The molecule has 0 aromatic heterocycles. The number of benzene rings is 2. The number of hydrogen-bond acceptors (Lipinski definition) is 2. The van der Waals surface area contributed by atoms with Crippen LogP contribution in [0, 0.1) is 0 Å². The molecule has 0 aliphatic heterocycles. The van der Waals surface area contributed by atoms with E-state index in [0.29, 0.717) is 0 Å². The molecular formula is C45H74N2Ni. The Labute approximate surface area is 308 Å². The van der Waals surface area contributed by atoms with Crippen LogP contribution in [0.15, 0.2) is 70.6 Å². The fraction of sp³-hybridized carbons (Fsp3) is 0.689. The maximum Gasteiger partial charge on any atom is 0.0633 e. The van der Waals surface area contributed by atoms with Crippen LogP contribution in [-0.2, 0) is 16.5 Å². The topological polar surface area (TPSA) is 24.7 Å². The van der Waals surface area contributed by atoms with Gasteiger partial charge in [0.05, 0.1) is 22.8 Å². The van der Waals surface area contributed by atoms with Gasteiger partial charge in [0.25, 0.3) is 0 Å². The van der Waals surface area contributed by atoms with Gasteiger partial charge in [0, 0.05) is 16.5 Å². The number of unbranched alkanes of at least 4 members (excludes halogenated alkanes) is 25. The third-order valence-electron chi connectivity index (χ3n) is 9.66. The molecule has 0 aliphatic rings. The second-order valence-electron chi connectivity index (χ2n) is 14.1. The summed E-state index contributed by atoms with van der Waals surface area (Å²) in [5.74, 6) is 0. The summed E-state index contributed by atoms with van der Waals surface area (Å²) >= 11 is 0. The third-order valence-corrected chi connectivity index (χ3v) is 9.66. The van der Waals surface area contributed by atoms with E-state index in [1.165, 1.54) is 185 Å². The van der Waals surface area contributed by atoms with Crippen molar-refractivity contribution in [1.29, 1.82) is 0 Å². The van der Waals surface area contributed by atoms with Gasteiger partial charge in [-0.3, -0.25) is 9.98 Å². The van der Waals surface area contributed by atoms with Gasteiger partial charge in [0.1, 0.15) is 0 Å². The first-order valence-corrected chi connectivity index (χ1v) is 20.6. The van der Waals surface area contributed by atoms with E-state index in [-0.39, 0.29) is 16.5 Å². The van der Waals surface area contributed by atoms with Crippen LogP contribution in [0.5, 0.6) is 0 Å². The van der Waals surface area contributed by atoms with E-state index < -0.39 is 0 Å².